The topological polar surface area (TPSA) is 115 Å². The van der Waals surface area contributed by atoms with Gasteiger partial charge in [-0.05, 0) is 37.8 Å². The van der Waals surface area contributed by atoms with Crippen molar-refractivity contribution in [1.82, 2.24) is 4.98 Å². The monoisotopic (exact) mass is 276 g/mol. The van der Waals surface area contributed by atoms with Crippen LogP contribution >= 0.6 is 0 Å². The molecule has 0 saturated heterocycles. The Morgan fingerprint density at radius 1 is 1.50 bits per heavy atom. The van der Waals surface area contributed by atoms with E-state index >= 15 is 0 Å². The minimum absolute atomic E-state index is 0.0541. The number of aliphatic hydroxyl groups is 1. The Morgan fingerprint density at radius 2 is 2.25 bits per heavy atom. The van der Waals surface area contributed by atoms with Crippen LogP contribution in [0.3, 0.4) is 0 Å². The second-order valence-electron chi connectivity index (χ2n) is 5.13. The van der Waals surface area contributed by atoms with E-state index in [9.17, 15) is 9.90 Å². The van der Waals surface area contributed by atoms with Gasteiger partial charge in [0.2, 0.25) is 0 Å². The highest BCUT2D eigenvalue weighted by Gasteiger charge is 2.22. The number of carbonyl (C=O) groups excluding carboxylic acids is 1. The number of nitrogens with two attached hydrogens (primary N) is 2. The van der Waals surface area contributed by atoms with Crippen molar-refractivity contribution >= 4 is 11.9 Å². The van der Waals surface area contributed by atoms with Crippen LogP contribution in [0.25, 0.3) is 0 Å². The van der Waals surface area contributed by atoms with Crippen LogP contribution in [0.15, 0.2) is 11.1 Å². The molecule has 6 nitrogen and oxygen atoms in total. The fraction of sp³-hybridized carbons (Fsp3) is 0.500. The predicted molar refractivity (Wildman–Crippen MR) is 76.5 cm³/mol. The summed E-state index contributed by atoms with van der Waals surface area (Å²) in [4.78, 5) is 20.0. The summed E-state index contributed by atoms with van der Waals surface area (Å²) in [5, 5.41) is 9.49. The van der Waals surface area contributed by atoms with Gasteiger partial charge in [0.25, 0.3) is 5.91 Å². The van der Waals surface area contributed by atoms with Crippen molar-refractivity contribution in [2.45, 2.75) is 38.5 Å². The maximum Gasteiger partial charge on any atom is 0.282 e. The normalized spacial score (nSPS) is 18.0. The number of aliphatic imine (C=N–C) groups is 1. The number of hydrogen-bond donors (Lipinski definition) is 3. The second kappa shape index (κ2) is 6.00. The highest BCUT2D eigenvalue weighted by molar-refractivity contribution is 6.02. The van der Waals surface area contributed by atoms with Crippen LogP contribution in [0.4, 0.5) is 0 Å². The molecular formula is C14H20N4O2. The van der Waals surface area contributed by atoms with Crippen LogP contribution in [0, 0.1) is 6.92 Å². The van der Waals surface area contributed by atoms with E-state index in [4.69, 9.17) is 11.5 Å². The van der Waals surface area contributed by atoms with Crippen molar-refractivity contribution in [3.05, 3.63) is 28.6 Å². The Hall–Kier alpha value is -1.95. The number of aromatic nitrogens is 1. The maximum absolute atomic E-state index is 12.0. The lowest BCUT2D eigenvalue weighted by molar-refractivity contribution is 0.100. The number of hydrogen-bond acceptors (Lipinski definition) is 3. The molecule has 1 unspecified atom stereocenters. The van der Waals surface area contributed by atoms with Gasteiger partial charge in [-0.1, -0.05) is 6.42 Å². The van der Waals surface area contributed by atoms with Crippen molar-refractivity contribution in [3.8, 4) is 0 Å². The van der Waals surface area contributed by atoms with E-state index in [0.717, 1.165) is 36.9 Å². The Balaban J connectivity index is 2.46. The SMILES string of the molecule is Cc1nc2c(cc1C(=O)N=C(N)N)CCCCC2CO. The molecular weight excluding hydrogens is 256 g/mol. The smallest absolute Gasteiger partial charge is 0.282 e. The van der Waals surface area contributed by atoms with Gasteiger partial charge in [-0.15, -0.1) is 0 Å². The number of fused-ring (bicyclic) bond motifs is 1. The Kier molecular flexibility index (Phi) is 4.34. The minimum atomic E-state index is -0.470. The number of nitrogens with zero attached hydrogens (tertiary/aromatic N) is 2. The van der Waals surface area contributed by atoms with Crippen LogP contribution < -0.4 is 11.5 Å². The summed E-state index contributed by atoms with van der Waals surface area (Å²) in [6.07, 6.45) is 3.88. The van der Waals surface area contributed by atoms with Crippen LogP contribution in [-0.2, 0) is 6.42 Å². The zero-order chi connectivity index (χ0) is 14.7. The van der Waals surface area contributed by atoms with Crippen molar-refractivity contribution in [1.29, 1.82) is 0 Å². The van der Waals surface area contributed by atoms with Gasteiger partial charge in [0.1, 0.15) is 0 Å². The summed E-state index contributed by atoms with van der Waals surface area (Å²) >= 11 is 0. The number of pyridine rings is 1. The van der Waals surface area contributed by atoms with Gasteiger partial charge in [0, 0.05) is 11.6 Å². The van der Waals surface area contributed by atoms with Crippen molar-refractivity contribution in [3.63, 3.8) is 0 Å². The fourth-order valence-electron chi connectivity index (χ4n) is 2.63. The van der Waals surface area contributed by atoms with Crippen molar-refractivity contribution in [2.24, 2.45) is 16.5 Å². The molecule has 0 fully saturated rings. The van der Waals surface area contributed by atoms with E-state index in [1.54, 1.807) is 6.92 Å². The molecule has 0 aliphatic heterocycles. The first-order chi connectivity index (χ1) is 9.52. The standard InChI is InChI=1S/C14H20N4O2/c1-8-11(13(20)18-14(15)16)6-9-4-2-3-5-10(7-19)12(9)17-8/h6,10,19H,2-5,7H2,1H3,(H4,15,16,18,20). The number of amides is 1. The van der Waals surface area contributed by atoms with Crippen molar-refractivity contribution < 1.29 is 9.90 Å². The summed E-state index contributed by atoms with van der Waals surface area (Å²) in [6.45, 7) is 1.84. The van der Waals surface area contributed by atoms with Gasteiger partial charge in [-0.3, -0.25) is 9.78 Å². The molecule has 1 aliphatic carbocycles. The third-order valence-corrected chi connectivity index (χ3v) is 3.64. The number of guanidine groups is 1. The van der Waals surface area contributed by atoms with E-state index in [2.05, 4.69) is 9.98 Å². The molecule has 0 radical (unpaired) electrons. The number of aryl methyl sites for hydroxylation is 2. The molecule has 0 spiro atoms. The maximum atomic E-state index is 12.0. The van der Waals surface area contributed by atoms with E-state index in [-0.39, 0.29) is 18.5 Å². The second-order valence-corrected chi connectivity index (χ2v) is 5.13. The van der Waals surface area contributed by atoms with Crippen molar-refractivity contribution in [2.75, 3.05) is 6.61 Å². The number of aliphatic hydroxyl groups excluding tert-OH is 1. The van der Waals surface area contributed by atoms with Gasteiger partial charge in [0.05, 0.1) is 17.9 Å². The molecule has 5 N–H and O–H groups in total. The number of rotatable bonds is 2. The number of carbonyl (C=O) groups is 1. The molecule has 0 aromatic carbocycles. The largest absolute Gasteiger partial charge is 0.396 e. The lowest BCUT2D eigenvalue weighted by atomic mass is 9.97. The first kappa shape index (κ1) is 14.5. The zero-order valence-electron chi connectivity index (χ0n) is 11.6. The van der Waals surface area contributed by atoms with Crippen LogP contribution in [-0.4, -0.2) is 28.6 Å². The van der Waals surface area contributed by atoms with E-state index in [1.165, 1.54) is 0 Å². The Labute approximate surface area is 117 Å². The molecule has 6 heteroatoms. The van der Waals surface area contributed by atoms with Crippen LogP contribution in [0.5, 0.6) is 0 Å². The lowest BCUT2D eigenvalue weighted by Gasteiger charge is -2.15. The molecule has 1 atom stereocenters. The first-order valence-corrected chi connectivity index (χ1v) is 6.78. The highest BCUT2D eigenvalue weighted by Crippen LogP contribution is 2.30. The molecule has 1 heterocycles. The minimum Gasteiger partial charge on any atom is -0.396 e. The zero-order valence-corrected chi connectivity index (χ0v) is 11.6. The Bertz CT molecular complexity index is 550. The van der Waals surface area contributed by atoms with Gasteiger partial charge in [-0.2, -0.15) is 4.99 Å². The summed E-state index contributed by atoms with van der Waals surface area (Å²) in [5.74, 6) is -0.668. The van der Waals surface area contributed by atoms with E-state index < -0.39 is 5.91 Å². The average molecular weight is 276 g/mol. The molecule has 1 amide bonds. The van der Waals surface area contributed by atoms with Crippen LogP contribution in [0.2, 0.25) is 0 Å². The average Bonchev–Trinajstić information content (AvgIpc) is 2.58. The van der Waals surface area contributed by atoms with Gasteiger partial charge in [0.15, 0.2) is 5.96 Å². The molecule has 20 heavy (non-hydrogen) atoms. The summed E-state index contributed by atoms with van der Waals surface area (Å²) < 4.78 is 0. The van der Waals surface area contributed by atoms with Gasteiger partial charge in [-0.25, -0.2) is 0 Å². The molecule has 1 aromatic heterocycles. The molecule has 0 saturated carbocycles. The summed E-state index contributed by atoms with van der Waals surface area (Å²) in [6, 6.07) is 1.82. The third-order valence-electron chi connectivity index (χ3n) is 3.64. The molecule has 2 rings (SSSR count). The van der Waals surface area contributed by atoms with Gasteiger partial charge < -0.3 is 16.6 Å². The summed E-state index contributed by atoms with van der Waals surface area (Å²) in [7, 11) is 0. The Morgan fingerprint density at radius 3 is 2.90 bits per heavy atom. The predicted octanol–water partition coefficient (Wildman–Crippen LogP) is 0.606. The highest BCUT2D eigenvalue weighted by atomic mass is 16.3. The van der Waals surface area contributed by atoms with Crippen LogP contribution in [0.1, 0.15) is 52.5 Å². The lowest BCUT2D eigenvalue weighted by Crippen LogP contribution is -2.24. The third kappa shape index (κ3) is 2.96. The van der Waals surface area contributed by atoms with E-state index in [0.29, 0.717) is 11.3 Å². The quantitative estimate of drug-likeness (QED) is 0.416. The molecule has 1 aliphatic rings. The summed E-state index contributed by atoms with van der Waals surface area (Å²) in [5.41, 5.74) is 13.4. The molecule has 108 valence electrons. The van der Waals surface area contributed by atoms with E-state index in [1.807, 2.05) is 6.07 Å². The first-order valence-electron chi connectivity index (χ1n) is 6.78. The van der Waals surface area contributed by atoms with Gasteiger partial charge >= 0.3 is 0 Å². The fourth-order valence-corrected chi connectivity index (χ4v) is 2.63. The molecule has 1 aromatic rings. The molecule has 0 bridgehead atoms.